The Hall–Kier alpha value is -1.93. The molecule has 3 heterocycles. The molecule has 12 heteroatoms. The van der Waals surface area contributed by atoms with E-state index in [9.17, 15) is 8.42 Å². The van der Waals surface area contributed by atoms with Gasteiger partial charge >= 0.3 is 0 Å². The summed E-state index contributed by atoms with van der Waals surface area (Å²) >= 11 is 0. The SMILES string of the molecule is CN=C(NCc1ncc(C)c(OC)c1C)N1CCN(S(=O)(=O)Cc2ccon2)CC1.I. The number of ether oxygens (including phenoxy) is 1. The average Bonchev–Trinajstić information content (AvgIpc) is 3.23. The largest absolute Gasteiger partial charge is 0.496 e. The Morgan fingerprint density at radius 1 is 1.29 bits per heavy atom. The van der Waals surface area contributed by atoms with Crippen molar-refractivity contribution in [1.29, 1.82) is 0 Å². The van der Waals surface area contributed by atoms with E-state index in [4.69, 9.17) is 9.26 Å². The van der Waals surface area contributed by atoms with Crippen LogP contribution < -0.4 is 10.1 Å². The zero-order valence-electron chi connectivity index (χ0n) is 18.2. The van der Waals surface area contributed by atoms with Gasteiger partial charge in [-0.15, -0.1) is 24.0 Å². The third kappa shape index (κ3) is 6.07. The summed E-state index contributed by atoms with van der Waals surface area (Å²) in [7, 11) is -0.0661. The van der Waals surface area contributed by atoms with Crippen LogP contribution in [-0.2, 0) is 22.3 Å². The van der Waals surface area contributed by atoms with Crippen molar-refractivity contribution < 1.29 is 17.7 Å². The number of halogens is 1. The first kappa shape index (κ1) is 25.3. The zero-order chi connectivity index (χ0) is 21.7. The first-order valence-electron chi connectivity index (χ1n) is 9.67. The summed E-state index contributed by atoms with van der Waals surface area (Å²) in [6.07, 6.45) is 3.17. The van der Waals surface area contributed by atoms with Crippen molar-refractivity contribution in [3.8, 4) is 5.75 Å². The molecule has 0 bridgehead atoms. The van der Waals surface area contributed by atoms with Crippen molar-refractivity contribution in [2.24, 2.45) is 4.99 Å². The molecule has 0 aliphatic carbocycles. The second-order valence-electron chi connectivity index (χ2n) is 7.08. The molecule has 172 valence electrons. The molecule has 0 unspecified atom stereocenters. The quantitative estimate of drug-likeness (QED) is 0.320. The summed E-state index contributed by atoms with van der Waals surface area (Å²) in [6.45, 7) is 6.30. The number of aromatic nitrogens is 2. The molecule has 0 spiro atoms. The van der Waals surface area contributed by atoms with E-state index in [-0.39, 0.29) is 29.7 Å². The van der Waals surface area contributed by atoms with E-state index in [2.05, 4.69) is 20.4 Å². The Morgan fingerprint density at radius 3 is 2.58 bits per heavy atom. The third-order valence-corrected chi connectivity index (χ3v) is 6.94. The van der Waals surface area contributed by atoms with E-state index in [1.807, 2.05) is 18.7 Å². The highest BCUT2D eigenvalue weighted by Crippen LogP contribution is 2.23. The van der Waals surface area contributed by atoms with Crippen molar-refractivity contribution in [2.45, 2.75) is 26.1 Å². The number of aryl methyl sites for hydroxylation is 1. The molecule has 1 aliphatic rings. The molecular formula is C19H29IN6O4S. The highest BCUT2D eigenvalue weighted by atomic mass is 127. The van der Waals surface area contributed by atoms with Gasteiger partial charge in [-0.2, -0.15) is 4.31 Å². The number of hydrogen-bond acceptors (Lipinski definition) is 7. The smallest absolute Gasteiger partial charge is 0.220 e. The van der Waals surface area contributed by atoms with E-state index in [0.717, 1.165) is 22.6 Å². The topological polar surface area (TPSA) is 113 Å². The normalized spacial score (nSPS) is 15.5. The fraction of sp³-hybridized carbons (Fsp3) is 0.526. The molecule has 1 saturated heterocycles. The monoisotopic (exact) mass is 564 g/mol. The van der Waals surface area contributed by atoms with Crippen LogP contribution in [0.3, 0.4) is 0 Å². The van der Waals surface area contributed by atoms with Gasteiger partial charge in [-0.05, 0) is 13.8 Å². The third-order valence-electron chi connectivity index (χ3n) is 5.13. The van der Waals surface area contributed by atoms with Crippen LogP contribution in [0.15, 0.2) is 28.0 Å². The number of guanidine groups is 1. The molecule has 2 aromatic rings. The summed E-state index contributed by atoms with van der Waals surface area (Å²) in [5.41, 5.74) is 3.27. The molecular weight excluding hydrogens is 535 g/mol. The number of aliphatic imine (C=N–C) groups is 1. The molecule has 0 aromatic carbocycles. The van der Waals surface area contributed by atoms with E-state index in [0.29, 0.717) is 44.4 Å². The van der Waals surface area contributed by atoms with Crippen molar-refractivity contribution in [3.05, 3.63) is 41.0 Å². The van der Waals surface area contributed by atoms with E-state index in [1.54, 1.807) is 26.4 Å². The number of pyridine rings is 1. The van der Waals surface area contributed by atoms with Crippen LogP contribution in [0, 0.1) is 13.8 Å². The maximum Gasteiger partial charge on any atom is 0.220 e. The Morgan fingerprint density at radius 2 is 2.00 bits per heavy atom. The van der Waals surface area contributed by atoms with Gasteiger partial charge in [-0.3, -0.25) is 9.98 Å². The maximum atomic E-state index is 12.6. The van der Waals surface area contributed by atoms with Gasteiger partial charge in [-0.1, -0.05) is 5.16 Å². The molecule has 0 radical (unpaired) electrons. The zero-order valence-corrected chi connectivity index (χ0v) is 21.3. The van der Waals surface area contributed by atoms with Crippen LogP contribution in [0.2, 0.25) is 0 Å². The minimum atomic E-state index is -3.43. The summed E-state index contributed by atoms with van der Waals surface area (Å²) < 4.78 is 36.9. The Kier molecular flexibility index (Phi) is 9.06. The summed E-state index contributed by atoms with van der Waals surface area (Å²) in [5, 5.41) is 7.02. The predicted octanol–water partition coefficient (Wildman–Crippen LogP) is 1.54. The molecule has 10 nitrogen and oxygen atoms in total. The maximum absolute atomic E-state index is 12.6. The molecule has 31 heavy (non-hydrogen) atoms. The second-order valence-corrected chi connectivity index (χ2v) is 9.05. The van der Waals surface area contributed by atoms with Gasteiger partial charge in [0.25, 0.3) is 0 Å². The van der Waals surface area contributed by atoms with Crippen molar-refractivity contribution in [2.75, 3.05) is 40.3 Å². The van der Waals surface area contributed by atoms with Gasteiger partial charge in [0.2, 0.25) is 10.0 Å². The van der Waals surface area contributed by atoms with Gasteiger partial charge in [0.05, 0.1) is 25.0 Å². The lowest BCUT2D eigenvalue weighted by Gasteiger charge is -2.35. The Labute approximate surface area is 200 Å². The number of nitrogens with zero attached hydrogens (tertiary/aromatic N) is 5. The molecule has 0 atom stereocenters. The second kappa shape index (κ2) is 11.1. The van der Waals surface area contributed by atoms with Gasteiger partial charge in [0, 0.05) is 56.6 Å². The number of rotatable bonds is 6. The fourth-order valence-electron chi connectivity index (χ4n) is 3.51. The van der Waals surface area contributed by atoms with Crippen LogP contribution in [0.1, 0.15) is 22.5 Å². The lowest BCUT2D eigenvalue weighted by molar-refractivity contribution is 0.259. The van der Waals surface area contributed by atoms with Gasteiger partial charge in [-0.25, -0.2) is 8.42 Å². The number of sulfonamides is 1. The van der Waals surface area contributed by atoms with Crippen LogP contribution in [0.5, 0.6) is 5.75 Å². The summed E-state index contributed by atoms with van der Waals surface area (Å²) in [5.74, 6) is 1.39. The Bertz CT molecular complexity index is 989. The standard InChI is InChI=1S/C19H28N6O4S.HI/c1-14-11-21-17(15(2)18(14)28-4)12-22-19(20-3)24-6-8-25(9-7-24)30(26,27)13-16-5-10-29-23-16;/h5,10-11H,6-9,12-13H2,1-4H3,(H,20,22);1H. The van der Waals surface area contributed by atoms with Crippen molar-refractivity contribution in [1.82, 2.24) is 24.7 Å². The highest BCUT2D eigenvalue weighted by Gasteiger charge is 2.29. The van der Waals surface area contributed by atoms with E-state index >= 15 is 0 Å². The molecule has 0 saturated carbocycles. The van der Waals surface area contributed by atoms with Crippen LogP contribution in [0.4, 0.5) is 0 Å². The number of hydrogen-bond donors (Lipinski definition) is 1. The average molecular weight is 564 g/mol. The van der Waals surface area contributed by atoms with Crippen LogP contribution in [0.25, 0.3) is 0 Å². The number of methoxy groups -OCH3 is 1. The van der Waals surface area contributed by atoms with Crippen molar-refractivity contribution >= 4 is 40.0 Å². The molecule has 2 aromatic heterocycles. The first-order chi connectivity index (χ1) is 14.4. The fourth-order valence-corrected chi connectivity index (χ4v) is 4.94. The van der Waals surface area contributed by atoms with E-state index < -0.39 is 10.0 Å². The predicted molar refractivity (Wildman–Crippen MR) is 128 cm³/mol. The Balaban J connectivity index is 0.00000341. The summed E-state index contributed by atoms with van der Waals surface area (Å²) in [4.78, 5) is 10.9. The number of nitrogens with one attached hydrogen (secondary N) is 1. The van der Waals surface area contributed by atoms with Gasteiger partial charge in [0.15, 0.2) is 5.96 Å². The van der Waals surface area contributed by atoms with Crippen LogP contribution in [-0.4, -0.2) is 74.1 Å². The van der Waals surface area contributed by atoms with Crippen LogP contribution >= 0.6 is 24.0 Å². The first-order valence-corrected chi connectivity index (χ1v) is 11.3. The summed E-state index contributed by atoms with van der Waals surface area (Å²) in [6, 6.07) is 1.57. The molecule has 1 fully saturated rings. The minimum Gasteiger partial charge on any atom is -0.496 e. The lowest BCUT2D eigenvalue weighted by atomic mass is 10.1. The minimum absolute atomic E-state index is 0. The molecule has 1 aliphatic heterocycles. The lowest BCUT2D eigenvalue weighted by Crippen LogP contribution is -2.53. The van der Waals surface area contributed by atoms with Crippen molar-refractivity contribution in [3.63, 3.8) is 0 Å². The van der Waals surface area contributed by atoms with Gasteiger partial charge < -0.3 is 19.5 Å². The molecule has 1 N–H and O–H groups in total. The molecule has 3 rings (SSSR count). The number of piperazine rings is 1. The molecule has 0 amide bonds. The van der Waals surface area contributed by atoms with E-state index in [1.165, 1.54) is 10.6 Å². The highest BCUT2D eigenvalue weighted by molar-refractivity contribution is 14.0. The van der Waals surface area contributed by atoms with Gasteiger partial charge in [0.1, 0.15) is 17.8 Å².